The van der Waals surface area contributed by atoms with Gasteiger partial charge in [-0.15, -0.1) is 0 Å². The summed E-state index contributed by atoms with van der Waals surface area (Å²) in [7, 11) is 0. The highest BCUT2D eigenvalue weighted by molar-refractivity contribution is 5.65. The van der Waals surface area contributed by atoms with E-state index >= 15 is 0 Å². The second kappa shape index (κ2) is 5.64. The van der Waals surface area contributed by atoms with Crippen molar-refractivity contribution in [2.75, 3.05) is 0 Å². The molecule has 0 radical (unpaired) electrons. The van der Waals surface area contributed by atoms with E-state index in [9.17, 15) is 4.79 Å². The monoisotopic (exact) mass is 264 g/mol. The van der Waals surface area contributed by atoms with Gasteiger partial charge in [-0.25, -0.2) is 4.79 Å². The zero-order chi connectivity index (χ0) is 14.7. The van der Waals surface area contributed by atoms with E-state index in [1.165, 1.54) is 0 Å². The van der Waals surface area contributed by atoms with Gasteiger partial charge in [0.1, 0.15) is 11.4 Å². The number of para-hydroxylation sites is 1. The van der Waals surface area contributed by atoms with Crippen LogP contribution >= 0.6 is 0 Å². The molecule has 0 N–H and O–H groups in total. The number of benzene rings is 1. The molecule has 106 valence electrons. The van der Waals surface area contributed by atoms with Crippen LogP contribution in [0.1, 0.15) is 53.5 Å². The summed E-state index contributed by atoms with van der Waals surface area (Å²) in [6, 6.07) is 7.55. The number of carbonyl (C=O) groups excluding carboxylic acids is 1. The van der Waals surface area contributed by atoms with Gasteiger partial charge in [0.25, 0.3) is 0 Å². The predicted molar refractivity (Wildman–Crippen MR) is 76.6 cm³/mol. The van der Waals surface area contributed by atoms with Crippen molar-refractivity contribution in [2.45, 2.75) is 59.0 Å². The Morgan fingerprint density at radius 1 is 1.11 bits per heavy atom. The minimum atomic E-state index is -0.649. The Bertz CT molecular complexity index is 442. The van der Waals surface area contributed by atoms with Crippen LogP contribution in [0.4, 0.5) is 4.79 Å². The third-order valence-electron chi connectivity index (χ3n) is 3.10. The van der Waals surface area contributed by atoms with Crippen LogP contribution in [0, 0.1) is 0 Å². The van der Waals surface area contributed by atoms with Crippen molar-refractivity contribution < 1.29 is 14.3 Å². The first-order chi connectivity index (χ1) is 8.65. The highest BCUT2D eigenvalue weighted by atomic mass is 16.7. The fourth-order valence-electron chi connectivity index (χ4n) is 1.58. The number of hydrogen-bond acceptors (Lipinski definition) is 3. The fraction of sp³-hybridized carbons (Fsp3) is 0.562. The molecular weight excluding hydrogens is 240 g/mol. The topological polar surface area (TPSA) is 35.5 Å². The molecule has 0 bridgehead atoms. The number of hydrogen-bond donors (Lipinski definition) is 0. The van der Waals surface area contributed by atoms with Crippen LogP contribution in [-0.2, 0) is 10.2 Å². The molecule has 0 aromatic heterocycles. The van der Waals surface area contributed by atoms with Gasteiger partial charge in [-0.05, 0) is 31.7 Å². The Labute approximate surface area is 115 Å². The molecule has 0 unspecified atom stereocenters. The third-order valence-corrected chi connectivity index (χ3v) is 3.10. The molecule has 0 saturated heterocycles. The highest BCUT2D eigenvalue weighted by Crippen LogP contribution is 2.31. The van der Waals surface area contributed by atoms with E-state index in [2.05, 4.69) is 20.8 Å². The standard InChI is InChI=1S/C16H24O3/c1-7-16(5,6)19-14(17)18-13-11-9-8-10-12(13)15(2,3)4/h8-11H,7H2,1-6H3. The smallest absolute Gasteiger partial charge is 0.428 e. The molecule has 19 heavy (non-hydrogen) atoms. The van der Waals surface area contributed by atoms with Gasteiger partial charge in [0, 0.05) is 5.56 Å². The van der Waals surface area contributed by atoms with Crippen LogP contribution in [0.5, 0.6) is 5.75 Å². The van der Waals surface area contributed by atoms with E-state index in [1.54, 1.807) is 6.07 Å². The first-order valence-corrected chi connectivity index (χ1v) is 6.66. The molecule has 0 spiro atoms. The van der Waals surface area contributed by atoms with Gasteiger partial charge >= 0.3 is 6.16 Å². The van der Waals surface area contributed by atoms with Crippen molar-refractivity contribution in [1.82, 2.24) is 0 Å². The molecule has 1 aromatic carbocycles. The number of ether oxygens (including phenoxy) is 2. The average molecular weight is 264 g/mol. The van der Waals surface area contributed by atoms with Crippen LogP contribution < -0.4 is 4.74 Å². The maximum absolute atomic E-state index is 11.8. The van der Waals surface area contributed by atoms with E-state index in [0.29, 0.717) is 5.75 Å². The Balaban J connectivity index is 2.86. The van der Waals surface area contributed by atoms with Gasteiger partial charge in [0.15, 0.2) is 0 Å². The molecule has 1 aromatic rings. The van der Waals surface area contributed by atoms with E-state index in [4.69, 9.17) is 9.47 Å². The Morgan fingerprint density at radius 3 is 2.21 bits per heavy atom. The van der Waals surface area contributed by atoms with Crippen LogP contribution in [-0.4, -0.2) is 11.8 Å². The molecule has 0 aliphatic carbocycles. The summed E-state index contributed by atoms with van der Waals surface area (Å²) >= 11 is 0. The Morgan fingerprint density at radius 2 is 1.68 bits per heavy atom. The van der Waals surface area contributed by atoms with Gasteiger partial charge in [0.05, 0.1) is 0 Å². The zero-order valence-electron chi connectivity index (χ0n) is 12.7. The molecule has 0 atom stereocenters. The van der Waals surface area contributed by atoms with Crippen molar-refractivity contribution in [1.29, 1.82) is 0 Å². The van der Waals surface area contributed by atoms with Gasteiger partial charge < -0.3 is 9.47 Å². The molecular formula is C16H24O3. The minimum Gasteiger partial charge on any atom is -0.428 e. The second-order valence-electron chi connectivity index (χ2n) is 6.31. The molecule has 0 fully saturated rings. The molecule has 3 nitrogen and oxygen atoms in total. The molecule has 3 heteroatoms. The summed E-state index contributed by atoms with van der Waals surface area (Å²) in [5.41, 5.74) is 0.395. The largest absolute Gasteiger partial charge is 0.514 e. The highest BCUT2D eigenvalue weighted by Gasteiger charge is 2.24. The average Bonchev–Trinajstić information content (AvgIpc) is 2.27. The number of carbonyl (C=O) groups is 1. The van der Waals surface area contributed by atoms with E-state index in [1.807, 2.05) is 39.0 Å². The molecule has 0 aliphatic heterocycles. The van der Waals surface area contributed by atoms with Crippen molar-refractivity contribution in [2.24, 2.45) is 0 Å². The van der Waals surface area contributed by atoms with E-state index in [-0.39, 0.29) is 5.41 Å². The zero-order valence-corrected chi connectivity index (χ0v) is 12.7. The second-order valence-corrected chi connectivity index (χ2v) is 6.31. The predicted octanol–water partition coefficient (Wildman–Crippen LogP) is 4.69. The Hall–Kier alpha value is -1.51. The van der Waals surface area contributed by atoms with Crippen LogP contribution in [0.15, 0.2) is 24.3 Å². The summed E-state index contributed by atoms with van der Waals surface area (Å²) in [6.45, 7) is 11.9. The maximum atomic E-state index is 11.8. The van der Waals surface area contributed by atoms with E-state index < -0.39 is 11.8 Å². The minimum absolute atomic E-state index is 0.0862. The van der Waals surface area contributed by atoms with Crippen LogP contribution in [0.25, 0.3) is 0 Å². The first kappa shape index (κ1) is 15.5. The van der Waals surface area contributed by atoms with Crippen molar-refractivity contribution in [3.63, 3.8) is 0 Å². The fourth-order valence-corrected chi connectivity index (χ4v) is 1.58. The van der Waals surface area contributed by atoms with Crippen molar-refractivity contribution in [3.05, 3.63) is 29.8 Å². The van der Waals surface area contributed by atoms with Crippen molar-refractivity contribution >= 4 is 6.16 Å². The van der Waals surface area contributed by atoms with Crippen LogP contribution in [0.3, 0.4) is 0 Å². The summed E-state index contributed by atoms with van der Waals surface area (Å²) in [4.78, 5) is 11.8. The summed E-state index contributed by atoms with van der Waals surface area (Å²) in [6.07, 6.45) is 0.0896. The summed E-state index contributed by atoms with van der Waals surface area (Å²) in [5.74, 6) is 0.562. The summed E-state index contributed by atoms with van der Waals surface area (Å²) < 4.78 is 10.6. The lowest BCUT2D eigenvalue weighted by Gasteiger charge is -2.25. The SMILES string of the molecule is CCC(C)(C)OC(=O)Oc1ccccc1C(C)(C)C. The summed E-state index contributed by atoms with van der Waals surface area (Å²) in [5, 5.41) is 0. The van der Waals surface area contributed by atoms with Crippen molar-refractivity contribution in [3.8, 4) is 5.75 Å². The lowest BCUT2D eigenvalue weighted by Crippen LogP contribution is -2.29. The normalized spacial score (nSPS) is 12.1. The molecule has 0 amide bonds. The Kier molecular flexibility index (Phi) is 4.61. The lowest BCUT2D eigenvalue weighted by atomic mass is 9.86. The molecule has 0 heterocycles. The van der Waals surface area contributed by atoms with Gasteiger partial charge in [-0.1, -0.05) is 45.9 Å². The maximum Gasteiger partial charge on any atom is 0.514 e. The van der Waals surface area contributed by atoms with Crippen LogP contribution in [0.2, 0.25) is 0 Å². The molecule has 1 rings (SSSR count). The van der Waals surface area contributed by atoms with Gasteiger partial charge in [-0.3, -0.25) is 0 Å². The third kappa shape index (κ3) is 4.58. The number of rotatable bonds is 3. The van der Waals surface area contributed by atoms with E-state index in [0.717, 1.165) is 12.0 Å². The quantitative estimate of drug-likeness (QED) is 0.587. The van der Waals surface area contributed by atoms with Gasteiger partial charge in [0.2, 0.25) is 0 Å². The first-order valence-electron chi connectivity index (χ1n) is 6.66. The molecule has 0 saturated carbocycles. The molecule has 0 aliphatic rings. The lowest BCUT2D eigenvalue weighted by molar-refractivity contribution is 0.00678. The van der Waals surface area contributed by atoms with Gasteiger partial charge in [-0.2, -0.15) is 0 Å².